The van der Waals surface area contributed by atoms with Gasteiger partial charge in [-0.2, -0.15) is 0 Å². The van der Waals surface area contributed by atoms with Crippen LogP contribution in [0.25, 0.3) is 0 Å². The van der Waals surface area contributed by atoms with Crippen LogP contribution in [0.1, 0.15) is 6.92 Å². The first kappa shape index (κ1) is 14.4. The van der Waals surface area contributed by atoms with Gasteiger partial charge in [0.25, 0.3) is 10.0 Å². The largest absolute Gasteiger partial charge is 0.494 e. The molecule has 0 spiro atoms. The fourth-order valence-electron chi connectivity index (χ4n) is 1.59. The monoisotopic (exact) mass is 292 g/mol. The van der Waals surface area contributed by atoms with E-state index in [1.54, 1.807) is 24.3 Å². The van der Waals surface area contributed by atoms with E-state index >= 15 is 0 Å². The van der Waals surface area contributed by atoms with Gasteiger partial charge in [-0.3, -0.25) is 0 Å². The Hall–Kier alpha value is -2.05. The van der Waals surface area contributed by atoms with E-state index < -0.39 is 10.0 Å². The van der Waals surface area contributed by atoms with Gasteiger partial charge in [0, 0.05) is 5.69 Å². The molecule has 2 rings (SSSR count). The summed E-state index contributed by atoms with van der Waals surface area (Å²) in [5, 5.41) is 0. The number of hydrogen-bond donors (Lipinski definition) is 2. The molecule has 0 aliphatic carbocycles. The van der Waals surface area contributed by atoms with E-state index in [2.05, 4.69) is 10.3 Å². The Bertz CT molecular complexity index is 640. The van der Waals surface area contributed by atoms with E-state index in [9.17, 15) is 8.42 Å². The number of anilines is 1. The first-order chi connectivity index (χ1) is 9.62. The van der Waals surface area contributed by atoms with Crippen LogP contribution in [0.5, 0.6) is 5.75 Å². The van der Waals surface area contributed by atoms with Crippen molar-refractivity contribution in [3.8, 4) is 5.75 Å². The highest BCUT2D eigenvalue weighted by Gasteiger charge is 2.13. The summed E-state index contributed by atoms with van der Waals surface area (Å²) in [5.74, 6) is 0.641. The van der Waals surface area contributed by atoms with Crippen molar-refractivity contribution in [1.82, 2.24) is 4.83 Å². The number of rotatable bonds is 6. The van der Waals surface area contributed by atoms with Crippen molar-refractivity contribution >= 4 is 15.7 Å². The van der Waals surface area contributed by atoms with Crippen LogP contribution in [-0.2, 0) is 10.0 Å². The van der Waals surface area contributed by atoms with Gasteiger partial charge in [-0.05, 0) is 43.3 Å². The topological polar surface area (TPSA) is 67.4 Å². The van der Waals surface area contributed by atoms with Crippen molar-refractivity contribution in [2.24, 2.45) is 0 Å². The third-order valence-corrected chi connectivity index (χ3v) is 3.81. The highest BCUT2D eigenvalue weighted by atomic mass is 32.2. The van der Waals surface area contributed by atoms with Crippen LogP contribution in [0.2, 0.25) is 0 Å². The minimum atomic E-state index is -3.61. The van der Waals surface area contributed by atoms with Crippen molar-refractivity contribution in [1.29, 1.82) is 0 Å². The van der Waals surface area contributed by atoms with Gasteiger partial charge in [-0.25, -0.2) is 8.42 Å². The maximum absolute atomic E-state index is 12.1. The number of hydrazine groups is 1. The van der Waals surface area contributed by atoms with Crippen molar-refractivity contribution < 1.29 is 13.2 Å². The summed E-state index contributed by atoms with van der Waals surface area (Å²) in [6.45, 7) is 2.41. The van der Waals surface area contributed by atoms with Gasteiger partial charge in [0.1, 0.15) is 5.75 Å². The molecule has 5 nitrogen and oxygen atoms in total. The fourth-order valence-corrected chi connectivity index (χ4v) is 2.45. The summed E-state index contributed by atoms with van der Waals surface area (Å²) in [6.07, 6.45) is 0. The zero-order valence-electron chi connectivity index (χ0n) is 11.0. The molecule has 0 fully saturated rings. The summed E-state index contributed by atoms with van der Waals surface area (Å²) in [7, 11) is -3.61. The Morgan fingerprint density at radius 2 is 1.65 bits per heavy atom. The highest BCUT2D eigenvalue weighted by molar-refractivity contribution is 7.89. The van der Waals surface area contributed by atoms with Crippen LogP contribution in [0.15, 0.2) is 59.5 Å². The third-order valence-electron chi connectivity index (χ3n) is 2.55. The molecule has 0 radical (unpaired) electrons. The van der Waals surface area contributed by atoms with Crippen molar-refractivity contribution in [2.75, 3.05) is 12.0 Å². The molecular weight excluding hydrogens is 276 g/mol. The second-order valence-corrected chi connectivity index (χ2v) is 5.68. The van der Waals surface area contributed by atoms with Crippen LogP contribution in [0.3, 0.4) is 0 Å². The molecule has 0 amide bonds. The van der Waals surface area contributed by atoms with Crippen molar-refractivity contribution in [3.63, 3.8) is 0 Å². The average Bonchev–Trinajstić information content (AvgIpc) is 2.47. The maximum atomic E-state index is 12.1. The van der Waals surface area contributed by atoms with Gasteiger partial charge in [0.2, 0.25) is 0 Å². The fraction of sp³-hybridized carbons (Fsp3) is 0.143. The van der Waals surface area contributed by atoms with Gasteiger partial charge < -0.3 is 10.2 Å². The molecule has 2 N–H and O–H groups in total. The predicted octanol–water partition coefficient (Wildman–Crippen LogP) is 2.39. The molecule has 20 heavy (non-hydrogen) atoms. The lowest BCUT2D eigenvalue weighted by atomic mass is 10.3. The van der Waals surface area contributed by atoms with Crippen LogP contribution in [0, 0.1) is 0 Å². The molecular formula is C14H16N2O3S. The van der Waals surface area contributed by atoms with Gasteiger partial charge in [0.15, 0.2) is 0 Å². The lowest BCUT2D eigenvalue weighted by Crippen LogP contribution is -2.29. The Labute approximate surface area is 118 Å². The SMILES string of the molecule is CCOc1ccc(S(=O)(=O)NNc2ccccc2)cc1. The van der Waals surface area contributed by atoms with Gasteiger partial charge >= 0.3 is 0 Å². The lowest BCUT2D eigenvalue weighted by Gasteiger charge is -2.10. The number of hydrogen-bond acceptors (Lipinski definition) is 4. The summed E-state index contributed by atoms with van der Waals surface area (Å²) in [6, 6.07) is 15.3. The third kappa shape index (κ3) is 3.72. The molecule has 6 heteroatoms. The van der Waals surface area contributed by atoms with E-state index in [-0.39, 0.29) is 4.90 Å². The second kappa shape index (κ2) is 6.40. The van der Waals surface area contributed by atoms with Gasteiger partial charge in [0.05, 0.1) is 11.5 Å². The zero-order valence-corrected chi connectivity index (χ0v) is 11.9. The number of benzene rings is 2. The van der Waals surface area contributed by atoms with E-state index in [0.29, 0.717) is 18.0 Å². The quantitative estimate of drug-likeness (QED) is 0.802. The van der Waals surface area contributed by atoms with E-state index in [0.717, 1.165) is 0 Å². The average molecular weight is 292 g/mol. The minimum absolute atomic E-state index is 0.171. The Balaban J connectivity index is 2.06. The first-order valence-corrected chi connectivity index (χ1v) is 7.66. The van der Waals surface area contributed by atoms with Crippen LogP contribution in [-0.4, -0.2) is 15.0 Å². The predicted molar refractivity (Wildman–Crippen MR) is 78.0 cm³/mol. The van der Waals surface area contributed by atoms with E-state index in [4.69, 9.17) is 4.74 Å². The van der Waals surface area contributed by atoms with Gasteiger partial charge in [-0.15, -0.1) is 4.83 Å². The Kier molecular flexibility index (Phi) is 4.60. The molecule has 0 heterocycles. The van der Waals surface area contributed by atoms with Crippen molar-refractivity contribution in [2.45, 2.75) is 11.8 Å². The standard InChI is InChI=1S/C14H16N2O3S/c1-2-19-13-8-10-14(11-9-13)20(17,18)16-15-12-6-4-3-5-7-12/h3-11,15-16H,2H2,1H3. The summed E-state index contributed by atoms with van der Waals surface area (Å²) in [5.41, 5.74) is 3.32. The van der Waals surface area contributed by atoms with E-state index in [1.807, 2.05) is 25.1 Å². The lowest BCUT2D eigenvalue weighted by molar-refractivity contribution is 0.340. The van der Waals surface area contributed by atoms with Crippen LogP contribution in [0.4, 0.5) is 5.69 Å². The maximum Gasteiger partial charge on any atom is 0.257 e. The van der Waals surface area contributed by atoms with E-state index in [1.165, 1.54) is 12.1 Å². The Morgan fingerprint density at radius 1 is 1.00 bits per heavy atom. The summed E-state index contributed by atoms with van der Waals surface area (Å²) >= 11 is 0. The molecule has 2 aromatic rings. The molecule has 0 saturated heterocycles. The number of sulfonamides is 1. The molecule has 0 saturated carbocycles. The van der Waals surface area contributed by atoms with Gasteiger partial charge in [-0.1, -0.05) is 18.2 Å². The highest BCUT2D eigenvalue weighted by Crippen LogP contribution is 2.16. The molecule has 0 aliphatic heterocycles. The van der Waals surface area contributed by atoms with Crippen molar-refractivity contribution in [3.05, 3.63) is 54.6 Å². The molecule has 2 aromatic carbocycles. The molecule has 0 aromatic heterocycles. The van der Waals surface area contributed by atoms with Crippen LogP contribution >= 0.6 is 0 Å². The summed E-state index contributed by atoms with van der Waals surface area (Å²) in [4.78, 5) is 2.50. The molecule has 0 aliphatic rings. The normalized spacial score (nSPS) is 11.1. The molecule has 0 bridgehead atoms. The van der Waals surface area contributed by atoms with Crippen LogP contribution < -0.4 is 15.0 Å². The second-order valence-electron chi connectivity index (χ2n) is 4.00. The number of ether oxygens (including phenoxy) is 1. The molecule has 106 valence electrons. The molecule has 0 unspecified atom stereocenters. The minimum Gasteiger partial charge on any atom is -0.494 e. The number of nitrogens with one attached hydrogen (secondary N) is 2. The Morgan fingerprint density at radius 3 is 2.25 bits per heavy atom. The zero-order chi connectivity index (χ0) is 14.4. The number of para-hydroxylation sites is 1. The molecule has 0 atom stereocenters. The smallest absolute Gasteiger partial charge is 0.257 e. The first-order valence-electron chi connectivity index (χ1n) is 6.17. The summed E-state index contributed by atoms with van der Waals surface area (Å²) < 4.78 is 29.4.